The van der Waals surface area contributed by atoms with Crippen LogP contribution in [-0.4, -0.2) is 93.8 Å². The van der Waals surface area contributed by atoms with Crippen molar-refractivity contribution in [3.05, 3.63) is 42.5 Å². The number of pyridine rings is 1. The summed E-state index contributed by atoms with van der Waals surface area (Å²) in [4.78, 5) is 33.9. The summed E-state index contributed by atoms with van der Waals surface area (Å²) in [7, 11) is 0. The monoisotopic (exact) mass is 509 g/mol. The lowest BCUT2D eigenvalue weighted by Crippen LogP contribution is -2.40. The van der Waals surface area contributed by atoms with Crippen molar-refractivity contribution in [1.29, 1.82) is 0 Å². The third-order valence-electron chi connectivity index (χ3n) is 7.03. The molecule has 2 saturated heterocycles. The number of aliphatic hydroxyl groups excluding tert-OH is 2. The second-order valence-electron chi connectivity index (χ2n) is 9.91. The number of likely N-dealkylation sites (tertiary alicyclic amines) is 2. The molecule has 2 aliphatic rings. The largest absolute Gasteiger partial charge is 0.412 e. The second-order valence-corrected chi connectivity index (χ2v) is 9.91. The molecule has 2 aliphatic heterocycles. The Morgan fingerprint density at radius 1 is 0.730 bits per heavy atom. The van der Waals surface area contributed by atoms with Crippen molar-refractivity contribution < 1.29 is 25.3 Å². The first-order valence-corrected chi connectivity index (χ1v) is 12.7. The van der Waals surface area contributed by atoms with Gasteiger partial charge in [-0.05, 0) is 56.0 Å². The second kappa shape index (κ2) is 11.9. The first-order valence-electron chi connectivity index (χ1n) is 12.7. The molecule has 2 fully saturated rings. The van der Waals surface area contributed by atoms with Crippen LogP contribution < -0.4 is 10.6 Å². The highest BCUT2D eigenvalue weighted by atomic mass is 16.3. The normalized spacial score (nSPS) is 18.0. The number of anilines is 2. The van der Waals surface area contributed by atoms with E-state index < -0.39 is 0 Å². The molecule has 0 aliphatic carbocycles. The molecule has 0 spiro atoms. The van der Waals surface area contributed by atoms with E-state index in [0.29, 0.717) is 50.1 Å². The zero-order chi connectivity index (χ0) is 25.1. The Kier molecular flexibility index (Phi) is 8.67. The third-order valence-corrected chi connectivity index (χ3v) is 7.03. The molecule has 0 saturated carbocycles. The quantitative estimate of drug-likeness (QED) is 0.367. The zero-order valence-corrected chi connectivity index (χ0v) is 20.8. The number of aromatic nitrogens is 1. The maximum absolute atomic E-state index is 12.5. The first-order chi connectivity index (χ1) is 17.4. The Labute approximate surface area is 215 Å². The van der Waals surface area contributed by atoms with Crippen LogP contribution in [0.3, 0.4) is 0 Å². The van der Waals surface area contributed by atoms with Crippen LogP contribution in [0.5, 0.6) is 0 Å². The van der Waals surface area contributed by atoms with Gasteiger partial charge in [-0.15, -0.1) is 0 Å². The molecule has 3 aromatic rings. The van der Waals surface area contributed by atoms with E-state index >= 15 is 0 Å². The number of carbonyl (C=O) groups excluding carboxylic acids is 2. The van der Waals surface area contributed by atoms with Gasteiger partial charge in [0.05, 0.1) is 36.3 Å². The summed E-state index contributed by atoms with van der Waals surface area (Å²) in [6, 6.07) is 13.4. The number of hydrogen-bond acceptors (Lipinski definition) is 7. The standard InChI is InChI=1S/C27H33N5O4.H2O/c33-22-5-9-31(10-6-22)16-26(35)28-20-3-1-18-13-19-2-4-21(15-25(19)30-24(18)14-20)29-27(36)17-32-11-7-23(34)8-12-32;/h1-4,13-15,22-23,33-34H,5-12,16-17H2,(H,28,35)(H,29,36);1H2. The molecule has 2 aromatic carbocycles. The van der Waals surface area contributed by atoms with Crippen molar-refractivity contribution in [2.24, 2.45) is 0 Å². The molecule has 0 radical (unpaired) electrons. The molecule has 3 heterocycles. The van der Waals surface area contributed by atoms with Crippen LogP contribution >= 0.6 is 0 Å². The average Bonchev–Trinajstić information content (AvgIpc) is 2.85. The topological polar surface area (TPSA) is 150 Å². The zero-order valence-electron chi connectivity index (χ0n) is 20.8. The number of benzene rings is 2. The molecule has 198 valence electrons. The summed E-state index contributed by atoms with van der Waals surface area (Å²) in [5.41, 5.74) is 2.90. The van der Waals surface area contributed by atoms with Crippen LogP contribution in [-0.2, 0) is 9.59 Å². The number of hydrogen-bond donors (Lipinski definition) is 4. The Morgan fingerprint density at radius 2 is 1.14 bits per heavy atom. The fourth-order valence-electron chi connectivity index (χ4n) is 4.94. The molecule has 5 rings (SSSR count). The molecular formula is C27H35N5O5. The van der Waals surface area contributed by atoms with Crippen molar-refractivity contribution in [1.82, 2.24) is 14.8 Å². The van der Waals surface area contributed by atoms with E-state index in [9.17, 15) is 19.8 Å². The van der Waals surface area contributed by atoms with Gasteiger partial charge in [-0.3, -0.25) is 19.4 Å². The Bertz CT molecular complexity index is 1160. The number of amides is 2. The van der Waals surface area contributed by atoms with Gasteiger partial charge in [0.2, 0.25) is 11.8 Å². The highest BCUT2D eigenvalue weighted by Crippen LogP contribution is 2.25. The predicted octanol–water partition coefficient (Wildman–Crippen LogP) is 1.35. The third kappa shape index (κ3) is 7.00. The Balaban J connectivity index is 0.00000320. The molecule has 0 bridgehead atoms. The van der Waals surface area contributed by atoms with Gasteiger partial charge in [0.15, 0.2) is 0 Å². The minimum absolute atomic E-state index is 0. The summed E-state index contributed by atoms with van der Waals surface area (Å²) in [5.74, 6) is -0.167. The SMILES string of the molecule is O.O=C(CN1CCC(O)CC1)Nc1ccc2cc3ccc(NC(=O)CN4CCC(O)CC4)cc3nc2c1. The number of fused-ring (bicyclic) bond motifs is 2. The molecule has 6 N–H and O–H groups in total. The van der Waals surface area contributed by atoms with E-state index in [1.54, 1.807) is 0 Å². The molecule has 37 heavy (non-hydrogen) atoms. The molecule has 10 nitrogen and oxygen atoms in total. The number of nitrogens with zero attached hydrogens (tertiary/aromatic N) is 3. The lowest BCUT2D eigenvalue weighted by molar-refractivity contribution is -0.118. The minimum Gasteiger partial charge on any atom is -0.412 e. The lowest BCUT2D eigenvalue weighted by Gasteiger charge is -2.28. The van der Waals surface area contributed by atoms with Crippen LogP contribution in [0.2, 0.25) is 0 Å². The average molecular weight is 510 g/mol. The van der Waals surface area contributed by atoms with E-state index in [4.69, 9.17) is 4.98 Å². The van der Waals surface area contributed by atoms with Crippen LogP contribution in [0.1, 0.15) is 25.7 Å². The highest BCUT2D eigenvalue weighted by molar-refractivity contribution is 5.99. The number of piperidine rings is 2. The first kappa shape index (κ1) is 26.9. The van der Waals surface area contributed by atoms with Gasteiger partial charge < -0.3 is 26.3 Å². The molecule has 10 heteroatoms. The smallest absolute Gasteiger partial charge is 0.238 e. The van der Waals surface area contributed by atoms with Crippen molar-refractivity contribution in [2.75, 3.05) is 49.9 Å². The molecular weight excluding hydrogens is 474 g/mol. The van der Waals surface area contributed by atoms with E-state index in [2.05, 4.69) is 20.4 Å². The van der Waals surface area contributed by atoms with E-state index in [1.165, 1.54) is 0 Å². The number of aliphatic hydroxyl groups is 2. The van der Waals surface area contributed by atoms with Gasteiger partial charge >= 0.3 is 0 Å². The highest BCUT2D eigenvalue weighted by Gasteiger charge is 2.20. The van der Waals surface area contributed by atoms with E-state index in [-0.39, 0.29) is 29.5 Å². The van der Waals surface area contributed by atoms with Crippen molar-refractivity contribution in [2.45, 2.75) is 37.9 Å². The summed E-state index contributed by atoms with van der Waals surface area (Å²) in [5, 5.41) is 27.1. The van der Waals surface area contributed by atoms with E-state index in [0.717, 1.165) is 48.0 Å². The van der Waals surface area contributed by atoms with Gasteiger partial charge in [-0.2, -0.15) is 0 Å². The van der Waals surface area contributed by atoms with Crippen LogP contribution in [0.25, 0.3) is 21.8 Å². The van der Waals surface area contributed by atoms with Crippen LogP contribution in [0.4, 0.5) is 11.4 Å². The molecule has 2 amide bonds. The lowest BCUT2D eigenvalue weighted by atomic mass is 10.1. The molecule has 0 unspecified atom stereocenters. The maximum atomic E-state index is 12.5. The van der Waals surface area contributed by atoms with Gasteiger partial charge in [0, 0.05) is 48.3 Å². The number of carbonyl (C=O) groups is 2. The predicted molar refractivity (Wildman–Crippen MR) is 143 cm³/mol. The Hall–Kier alpha value is -3.15. The van der Waals surface area contributed by atoms with Gasteiger partial charge in [0.25, 0.3) is 0 Å². The number of rotatable bonds is 6. The van der Waals surface area contributed by atoms with Crippen molar-refractivity contribution >= 4 is 45.0 Å². The van der Waals surface area contributed by atoms with Gasteiger partial charge in [0.1, 0.15) is 0 Å². The molecule has 1 aromatic heterocycles. The summed E-state index contributed by atoms with van der Waals surface area (Å²) in [6.07, 6.45) is 2.28. The fraction of sp³-hybridized carbons (Fsp3) is 0.444. The maximum Gasteiger partial charge on any atom is 0.238 e. The number of nitrogens with one attached hydrogen (secondary N) is 2. The fourth-order valence-corrected chi connectivity index (χ4v) is 4.94. The summed E-state index contributed by atoms with van der Waals surface area (Å²) in [6.45, 7) is 3.49. The van der Waals surface area contributed by atoms with Crippen molar-refractivity contribution in [3.8, 4) is 0 Å². The summed E-state index contributed by atoms with van der Waals surface area (Å²) < 4.78 is 0. The van der Waals surface area contributed by atoms with Crippen molar-refractivity contribution in [3.63, 3.8) is 0 Å². The van der Waals surface area contributed by atoms with Crippen LogP contribution in [0.15, 0.2) is 42.5 Å². The minimum atomic E-state index is -0.260. The van der Waals surface area contributed by atoms with E-state index in [1.807, 2.05) is 42.5 Å². The summed E-state index contributed by atoms with van der Waals surface area (Å²) >= 11 is 0. The van der Waals surface area contributed by atoms with Gasteiger partial charge in [-0.25, -0.2) is 4.98 Å². The van der Waals surface area contributed by atoms with Gasteiger partial charge in [-0.1, -0.05) is 12.1 Å². The Morgan fingerprint density at radius 3 is 1.54 bits per heavy atom. The van der Waals surface area contributed by atoms with Crippen LogP contribution in [0, 0.1) is 0 Å². The molecule has 0 atom stereocenters.